The van der Waals surface area contributed by atoms with Crippen molar-refractivity contribution in [1.29, 1.82) is 5.26 Å². The Labute approximate surface area is 138 Å². The minimum Gasteiger partial charge on any atom is -0.334 e. The number of carbonyl (C=O) groups is 1. The number of aromatic nitrogens is 1. The van der Waals surface area contributed by atoms with Gasteiger partial charge in [0.25, 0.3) is 5.91 Å². The molecule has 0 spiro atoms. The van der Waals surface area contributed by atoms with Gasteiger partial charge in [-0.05, 0) is 44.2 Å². The highest BCUT2D eigenvalue weighted by Crippen LogP contribution is 2.32. The number of likely N-dealkylation sites (tertiary alicyclic amines) is 1. The summed E-state index contributed by atoms with van der Waals surface area (Å²) in [5, 5.41) is 9.00. The maximum Gasteiger partial charge on any atom is 0.272 e. The fourth-order valence-corrected chi connectivity index (χ4v) is 4.10. The molecule has 1 aliphatic heterocycles. The summed E-state index contributed by atoms with van der Waals surface area (Å²) in [4.78, 5) is 19.2. The van der Waals surface area contributed by atoms with Crippen LogP contribution in [-0.4, -0.2) is 28.4 Å². The Bertz CT molecular complexity index is 614. The average molecular weight is 311 g/mol. The van der Waals surface area contributed by atoms with Crippen LogP contribution in [0.25, 0.3) is 0 Å². The standard InChI is InChI=1S/C19H25N3O/c1-14-16(13-20)9-10-18(21-14)19(23)22-11-5-8-17(22)12-15-6-3-2-4-7-15/h9-10,15,17H,2-8,11-12H2,1H3. The van der Waals surface area contributed by atoms with Crippen molar-refractivity contribution >= 4 is 5.91 Å². The molecule has 0 radical (unpaired) electrons. The maximum atomic E-state index is 12.8. The molecule has 1 aliphatic carbocycles. The molecule has 1 aromatic rings. The van der Waals surface area contributed by atoms with Crippen LogP contribution in [0.1, 0.15) is 73.1 Å². The predicted octanol–water partition coefficient (Wildman–Crippen LogP) is 3.84. The van der Waals surface area contributed by atoms with E-state index in [1.54, 1.807) is 19.1 Å². The van der Waals surface area contributed by atoms with Gasteiger partial charge in [-0.15, -0.1) is 0 Å². The SMILES string of the molecule is Cc1nc(C(=O)N2CCCC2CC2CCCCC2)ccc1C#N. The number of amides is 1. The van der Waals surface area contributed by atoms with Gasteiger partial charge in [0.15, 0.2) is 0 Å². The van der Waals surface area contributed by atoms with Crippen LogP contribution in [-0.2, 0) is 0 Å². The van der Waals surface area contributed by atoms with E-state index in [9.17, 15) is 4.79 Å². The summed E-state index contributed by atoms with van der Waals surface area (Å²) in [5.74, 6) is 0.828. The Morgan fingerprint density at radius 1 is 1.26 bits per heavy atom. The molecule has 2 heterocycles. The molecule has 0 aromatic carbocycles. The van der Waals surface area contributed by atoms with Gasteiger partial charge in [0.2, 0.25) is 0 Å². The lowest BCUT2D eigenvalue weighted by Crippen LogP contribution is -2.37. The van der Waals surface area contributed by atoms with Crippen molar-refractivity contribution in [1.82, 2.24) is 9.88 Å². The molecule has 1 saturated heterocycles. The van der Waals surface area contributed by atoms with Gasteiger partial charge in [0.05, 0.1) is 11.3 Å². The first-order chi connectivity index (χ1) is 11.2. The maximum absolute atomic E-state index is 12.8. The van der Waals surface area contributed by atoms with Crippen molar-refractivity contribution in [3.8, 4) is 6.07 Å². The monoisotopic (exact) mass is 311 g/mol. The normalized spacial score (nSPS) is 22.1. The van der Waals surface area contributed by atoms with Crippen molar-refractivity contribution in [2.24, 2.45) is 5.92 Å². The third-order valence-electron chi connectivity index (χ3n) is 5.39. The Hall–Kier alpha value is -1.89. The van der Waals surface area contributed by atoms with Crippen LogP contribution in [0.5, 0.6) is 0 Å². The molecule has 2 fully saturated rings. The van der Waals surface area contributed by atoms with Crippen molar-refractivity contribution in [2.45, 2.75) is 64.3 Å². The molecule has 122 valence electrons. The Balaban J connectivity index is 1.70. The van der Waals surface area contributed by atoms with E-state index in [0.717, 1.165) is 31.7 Å². The Morgan fingerprint density at radius 3 is 2.74 bits per heavy atom. The first-order valence-corrected chi connectivity index (χ1v) is 8.87. The van der Waals surface area contributed by atoms with Gasteiger partial charge in [0, 0.05) is 12.6 Å². The summed E-state index contributed by atoms with van der Waals surface area (Å²) >= 11 is 0. The van der Waals surface area contributed by atoms with Crippen LogP contribution >= 0.6 is 0 Å². The molecule has 1 amide bonds. The molecule has 0 N–H and O–H groups in total. The molecule has 4 heteroatoms. The average Bonchev–Trinajstić information content (AvgIpc) is 3.03. The van der Waals surface area contributed by atoms with Gasteiger partial charge in [-0.2, -0.15) is 5.26 Å². The summed E-state index contributed by atoms with van der Waals surface area (Å²) in [6.07, 6.45) is 10.1. The quantitative estimate of drug-likeness (QED) is 0.852. The second-order valence-electron chi connectivity index (χ2n) is 6.98. The number of hydrogen-bond donors (Lipinski definition) is 0. The Morgan fingerprint density at radius 2 is 2.04 bits per heavy atom. The lowest BCUT2D eigenvalue weighted by atomic mass is 9.84. The van der Waals surface area contributed by atoms with Gasteiger partial charge in [-0.25, -0.2) is 4.98 Å². The largest absolute Gasteiger partial charge is 0.334 e. The number of hydrogen-bond acceptors (Lipinski definition) is 3. The van der Waals surface area contributed by atoms with E-state index in [4.69, 9.17) is 5.26 Å². The van der Waals surface area contributed by atoms with Gasteiger partial charge in [-0.1, -0.05) is 32.1 Å². The van der Waals surface area contributed by atoms with Crippen LogP contribution in [0.2, 0.25) is 0 Å². The lowest BCUT2D eigenvalue weighted by Gasteiger charge is -2.30. The van der Waals surface area contributed by atoms with E-state index in [0.29, 0.717) is 23.0 Å². The number of pyridine rings is 1. The Kier molecular flexibility index (Phi) is 4.95. The molecule has 1 unspecified atom stereocenters. The third-order valence-corrected chi connectivity index (χ3v) is 5.39. The smallest absolute Gasteiger partial charge is 0.272 e. The zero-order chi connectivity index (χ0) is 16.2. The van der Waals surface area contributed by atoms with Crippen LogP contribution < -0.4 is 0 Å². The van der Waals surface area contributed by atoms with E-state index in [-0.39, 0.29) is 5.91 Å². The molecule has 1 aromatic heterocycles. The van der Waals surface area contributed by atoms with Gasteiger partial charge < -0.3 is 4.90 Å². The highest BCUT2D eigenvalue weighted by molar-refractivity contribution is 5.92. The zero-order valence-corrected chi connectivity index (χ0v) is 13.9. The number of nitrogens with zero attached hydrogens (tertiary/aromatic N) is 3. The van der Waals surface area contributed by atoms with E-state index < -0.39 is 0 Å². The predicted molar refractivity (Wildman–Crippen MR) is 88.9 cm³/mol. The fraction of sp³-hybridized carbons (Fsp3) is 0.632. The number of rotatable bonds is 3. The molecular weight excluding hydrogens is 286 g/mol. The molecule has 1 saturated carbocycles. The van der Waals surface area contributed by atoms with E-state index in [1.807, 2.05) is 4.90 Å². The number of nitriles is 1. The van der Waals surface area contributed by atoms with Crippen LogP contribution in [0.15, 0.2) is 12.1 Å². The number of aryl methyl sites for hydroxylation is 1. The van der Waals surface area contributed by atoms with Crippen LogP contribution in [0, 0.1) is 24.2 Å². The molecular formula is C19H25N3O. The topological polar surface area (TPSA) is 57.0 Å². The minimum atomic E-state index is 0.0379. The van der Waals surface area contributed by atoms with Crippen LogP contribution in [0.3, 0.4) is 0 Å². The summed E-state index contributed by atoms with van der Waals surface area (Å²) in [7, 11) is 0. The molecule has 1 atom stereocenters. The van der Waals surface area contributed by atoms with Gasteiger partial charge in [0.1, 0.15) is 11.8 Å². The third kappa shape index (κ3) is 3.55. The molecule has 3 rings (SSSR count). The summed E-state index contributed by atoms with van der Waals surface area (Å²) in [6.45, 7) is 2.63. The van der Waals surface area contributed by atoms with Crippen LogP contribution in [0.4, 0.5) is 0 Å². The van der Waals surface area contributed by atoms with Crippen molar-refractivity contribution in [2.75, 3.05) is 6.54 Å². The lowest BCUT2D eigenvalue weighted by molar-refractivity contribution is 0.0705. The first kappa shape index (κ1) is 16.0. The molecule has 0 bridgehead atoms. The van der Waals surface area contributed by atoms with E-state index in [1.165, 1.54) is 32.1 Å². The zero-order valence-electron chi connectivity index (χ0n) is 13.9. The van der Waals surface area contributed by atoms with Crippen molar-refractivity contribution < 1.29 is 4.79 Å². The summed E-state index contributed by atoms with van der Waals surface area (Å²) < 4.78 is 0. The molecule has 2 aliphatic rings. The fourth-order valence-electron chi connectivity index (χ4n) is 4.10. The van der Waals surface area contributed by atoms with Gasteiger partial charge >= 0.3 is 0 Å². The van der Waals surface area contributed by atoms with E-state index >= 15 is 0 Å². The second-order valence-corrected chi connectivity index (χ2v) is 6.98. The number of carbonyl (C=O) groups excluding carboxylic acids is 1. The summed E-state index contributed by atoms with van der Waals surface area (Å²) in [6, 6.07) is 5.89. The first-order valence-electron chi connectivity index (χ1n) is 8.87. The summed E-state index contributed by atoms with van der Waals surface area (Å²) in [5.41, 5.74) is 1.67. The molecule has 4 nitrogen and oxygen atoms in total. The molecule has 23 heavy (non-hydrogen) atoms. The second kappa shape index (κ2) is 7.12. The van der Waals surface area contributed by atoms with Gasteiger partial charge in [-0.3, -0.25) is 4.79 Å². The van der Waals surface area contributed by atoms with E-state index in [2.05, 4.69) is 11.1 Å². The van der Waals surface area contributed by atoms with Crippen molar-refractivity contribution in [3.05, 3.63) is 29.1 Å². The highest BCUT2D eigenvalue weighted by Gasteiger charge is 2.32. The highest BCUT2D eigenvalue weighted by atomic mass is 16.2. The van der Waals surface area contributed by atoms with Crippen molar-refractivity contribution in [3.63, 3.8) is 0 Å². The minimum absolute atomic E-state index is 0.0379.